The summed E-state index contributed by atoms with van der Waals surface area (Å²) >= 11 is 0. The van der Waals surface area contributed by atoms with Gasteiger partial charge < -0.3 is 10.2 Å². The number of carbonyl (C=O) groups excluding carboxylic acids is 2. The van der Waals surface area contributed by atoms with E-state index in [-0.39, 0.29) is 5.78 Å². The summed E-state index contributed by atoms with van der Waals surface area (Å²) in [5, 5.41) is 2.55. The average molecular weight is 416 g/mol. The number of nitrogens with zero attached hydrogens (tertiary/aromatic N) is 2. The van der Waals surface area contributed by atoms with Crippen LogP contribution in [-0.4, -0.2) is 56.3 Å². The molecule has 0 bridgehead atoms. The van der Waals surface area contributed by atoms with Gasteiger partial charge in [-0.05, 0) is 43.7 Å². The quantitative estimate of drug-likeness (QED) is 0.732. The number of hydrogen-bond acceptors (Lipinski definition) is 5. The van der Waals surface area contributed by atoms with Crippen LogP contribution in [0.5, 0.6) is 0 Å². The van der Waals surface area contributed by atoms with Crippen LogP contribution in [0.15, 0.2) is 48.5 Å². The van der Waals surface area contributed by atoms with E-state index in [0.29, 0.717) is 37.4 Å². The van der Waals surface area contributed by atoms with Gasteiger partial charge in [-0.2, -0.15) is 4.31 Å². The molecule has 1 heterocycles. The van der Waals surface area contributed by atoms with Crippen molar-refractivity contribution in [2.24, 2.45) is 0 Å². The first kappa shape index (κ1) is 21.0. The minimum absolute atomic E-state index is 0.198. The van der Waals surface area contributed by atoms with Crippen molar-refractivity contribution in [2.75, 3.05) is 42.1 Å². The largest absolute Gasteiger partial charge is 0.369 e. The van der Waals surface area contributed by atoms with Crippen molar-refractivity contribution in [3.8, 4) is 0 Å². The molecule has 7 nitrogen and oxygen atoms in total. The zero-order valence-electron chi connectivity index (χ0n) is 16.6. The fourth-order valence-electron chi connectivity index (χ4n) is 3.39. The molecule has 1 aliphatic rings. The molecule has 0 radical (unpaired) electrons. The number of sulfonamides is 1. The standard InChI is InChI=1S/C21H25N3O4S/c1-16-6-5-7-18(14-16)23-10-12-24(13-11-23)29(27,28)15-21(26)22-20-9-4-3-8-19(20)17(2)25/h3-9,14H,10-13,15H2,1-2H3,(H,22,26). The Labute approximate surface area is 171 Å². The number of carbonyl (C=O) groups is 2. The Morgan fingerprint density at radius 2 is 1.69 bits per heavy atom. The Hall–Kier alpha value is -2.71. The summed E-state index contributed by atoms with van der Waals surface area (Å²) in [6.07, 6.45) is 0. The van der Waals surface area contributed by atoms with Gasteiger partial charge in [-0.15, -0.1) is 0 Å². The molecule has 2 aromatic carbocycles. The molecule has 0 atom stereocenters. The van der Waals surface area contributed by atoms with E-state index in [1.54, 1.807) is 24.3 Å². The van der Waals surface area contributed by atoms with Crippen LogP contribution in [0.3, 0.4) is 0 Å². The second kappa shape index (κ2) is 8.75. The Morgan fingerprint density at radius 1 is 1.00 bits per heavy atom. The van der Waals surface area contributed by atoms with Crippen LogP contribution in [0.4, 0.5) is 11.4 Å². The van der Waals surface area contributed by atoms with Crippen LogP contribution < -0.4 is 10.2 Å². The molecule has 0 spiro atoms. The molecular weight excluding hydrogens is 390 g/mol. The van der Waals surface area contributed by atoms with Crippen LogP contribution in [0.2, 0.25) is 0 Å². The number of rotatable bonds is 6. The normalized spacial score (nSPS) is 15.2. The van der Waals surface area contributed by atoms with Crippen molar-refractivity contribution in [3.63, 3.8) is 0 Å². The third kappa shape index (κ3) is 5.21. The summed E-state index contributed by atoms with van der Waals surface area (Å²) in [5.41, 5.74) is 2.90. The second-order valence-electron chi connectivity index (χ2n) is 7.13. The highest BCUT2D eigenvalue weighted by atomic mass is 32.2. The van der Waals surface area contributed by atoms with E-state index in [4.69, 9.17) is 0 Å². The molecule has 0 unspecified atom stereocenters. The van der Waals surface area contributed by atoms with E-state index in [0.717, 1.165) is 11.3 Å². The number of hydrogen-bond donors (Lipinski definition) is 1. The predicted molar refractivity (Wildman–Crippen MR) is 114 cm³/mol. The lowest BCUT2D eigenvalue weighted by atomic mass is 10.1. The summed E-state index contributed by atoms with van der Waals surface area (Å²) in [4.78, 5) is 26.1. The Balaban J connectivity index is 1.60. The van der Waals surface area contributed by atoms with Gasteiger partial charge in [0.05, 0.1) is 5.69 Å². The van der Waals surface area contributed by atoms with Crippen molar-refractivity contribution in [1.82, 2.24) is 4.31 Å². The lowest BCUT2D eigenvalue weighted by Gasteiger charge is -2.35. The first-order valence-corrected chi connectivity index (χ1v) is 11.1. The Morgan fingerprint density at radius 3 is 2.34 bits per heavy atom. The molecule has 1 aliphatic heterocycles. The smallest absolute Gasteiger partial charge is 0.241 e. The minimum Gasteiger partial charge on any atom is -0.369 e. The molecule has 3 rings (SSSR count). The lowest BCUT2D eigenvalue weighted by molar-refractivity contribution is -0.113. The van der Waals surface area contributed by atoms with Crippen LogP contribution in [-0.2, 0) is 14.8 Å². The molecule has 154 valence electrons. The van der Waals surface area contributed by atoms with Crippen molar-refractivity contribution >= 4 is 33.1 Å². The maximum Gasteiger partial charge on any atom is 0.241 e. The van der Waals surface area contributed by atoms with Gasteiger partial charge in [-0.1, -0.05) is 24.3 Å². The maximum atomic E-state index is 12.7. The predicted octanol–water partition coefficient (Wildman–Crippen LogP) is 2.29. The van der Waals surface area contributed by atoms with Gasteiger partial charge in [0.25, 0.3) is 0 Å². The zero-order valence-corrected chi connectivity index (χ0v) is 17.4. The highest BCUT2D eigenvalue weighted by Gasteiger charge is 2.29. The molecule has 1 amide bonds. The van der Waals surface area contributed by atoms with E-state index in [1.165, 1.54) is 11.2 Å². The van der Waals surface area contributed by atoms with Crippen LogP contribution in [0.1, 0.15) is 22.8 Å². The number of amides is 1. The fourth-order valence-corrected chi connectivity index (χ4v) is 4.70. The van der Waals surface area contributed by atoms with Crippen molar-refractivity contribution in [2.45, 2.75) is 13.8 Å². The number of aryl methyl sites for hydroxylation is 1. The van der Waals surface area contributed by atoms with Gasteiger partial charge in [0.2, 0.25) is 15.9 Å². The number of Topliss-reactive ketones (excluding diaryl/α,β-unsaturated/α-hetero) is 1. The number of para-hydroxylation sites is 1. The van der Waals surface area contributed by atoms with Gasteiger partial charge in [-0.25, -0.2) is 8.42 Å². The molecular formula is C21H25N3O4S. The number of nitrogens with one attached hydrogen (secondary N) is 1. The van der Waals surface area contributed by atoms with Gasteiger partial charge in [0, 0.05) is 37.4 Å². The van der Waals surface area contributed by atoms with E-state index in [9.17, 15) is 18.0 Å². The molecule has 8 heteroatoms. The molecule has 2 aromatic rings. The number of ketones is 1. The average Bonchev–Trinajstić information content (AvgIpc) is 2.68. The fraction of sp³-hybridized carbons (Fsp3) is 0.333. The summed E-state index contributed by atoms with van der Waals surface area (Å²) in [7, 11) is -3.74. The third-order valence-electron chi connectivity index (χ3n) is 4.89. The molecule has 0 saturated carbocycles. The maximum absolute atomic E-state index is 12.7. The second-order valence-corrected chi connectivity index (χ2v) is 9.10. The van der Waals surface area contributed by atoms with Crippen LogP contribution in [0, 0.1) is 6.92 Å². The Bertz CT molecular complexity index is 1010. The van der Waals surface area contributed by atoms with Crippen LogP contribution >= 0.6 is 0 Å². The van der Waals surface area contributed by atoms with Gasteiger partial charge >= 0.3 is 0 Å². The molecule has 0 aliphatic carbocycles. The summed E-state index contributed by atoms with van der Waals surface area (Å²) in [5.74, 6) is -1.50. The third-order valence-corrected chi connectivity index (χ3v) is 6.67. The first-order valence-electron chi connectivity index (χ1n) is 9.45. The highest BCUT2D eigenvalue weighted by Crippen LogP contribution is 2.20. The van der Waals surface area contributed by atoms with Crippen molar-refractivity contribution < 1.29 is 18.0 Å². The Kier molecular flexibility index (Phi) is 6.34. The molecule has 1 saturated heterocycles. The van der Waals surface area contributed by atoms with Gasteiger partial charge in [0.1, 0.15) is 5.75 Å². The summed E-state index contributed by atoms with van der Waals surface area (Å²) < 4.78 is 26.7. The molecule has 1 N–H and O–H groups in total. The zero-order chi connectivity index (χ0) is 21.0. The van der Waals surface area contributed by atoms with Crippen molar-refractivity contribution in [3.05, 3.63) is 59.7 Å². The van der Waals surface area contributed by atoms with E-state index in [2.05, 4.69) is 16.3 Å². The first-order chi connectivity index (χ1) is 13.8. The summed E-state index contributed by atoms with van der Waals surface area (Å²) in [6.45, 7) is 5.21. The summed E-state index contributed by atoms with van der Waals surface area (Å²) in [6, 6.07) is 14.6. The highest BCUT2D eigenvalue weighted by molar-refractivity contribution is 7.89. The lowest BCUT2D eigenvalue weighted by Crippen LogP contribution is -2.50. The topological polar surface area (TPSA) is 86.8 Å². The van der Waals surface area contributed by atoms with Gasteiger partial charge in [-0.3, -0.25) is 9.59 Å². The monoisotopic (exact) mass is 415 g/mol. The molecule has 1 fully saturated rings. The number of piperazine rings is 1. The minimum atomic E-state index is -3.74. The van der Waals surface area contributed by atoms with E-state index >= 15 is 0 Å². The molecule has 0 aromatic heterocycles. The van der Waals surface area contributed by atoms with Crippen molar-refractivity contribution in [1.29, 1.82) is 0 Å². The SMILES string of the molecule is CC(=O)c1ccccc1NC(=O)CS(=O)(=O)N1CCN(c2cccc(C)c2)CC1. The number of benzene rings is 2. The molecule has 29 heavy (non-hydrogen) atoms. The van der Waals surface area contributed by atoms with E-state index < -0.39 is 21.7 Å². The van der Waals surface area contributed by atoms with E-state index in [1.807, 2.05) is 25.1 Å². The number of anilines is 2. The van der Waals surface area contributed by atoms with Crippen LogP contribution in [0.25, 0.3) is 0 Å². The van der Waals surface area contributed by atoms with Gasteiger partial charge in [0.15, 0.2) is 5.78 Å².